The van der Waals surface area contributed by atoms with Crippen molar-refractivity contribution < 1.29 is 14.4 Å². The predicted molar refractivity (Wildman–Crippen MR) is 109 cm³/mol. The lowest BCUT2D eigenvalue weighted by Crippen LogP contribution is -2.36. The van der Waals surface area contributed by atoms with Gasteiger partial charge in [-0.05, 0) is 30.3 Å². The molecule has 144 valence electrons. The number of carbonyl (C=O) groups is 3. The molecule has 7 nitrogen and oxygen atoms in total. The van der Waals surface area contributed by atoms with Gasteiger partial charge in [-0.15, -0.1) is 0 Å². The molecule has 28 heavy (non-hydrogen) atoms. The molecule has 3 amide bonds. The van der Waals surface area contributed by atoms with Gasteiger partial charge in [0.2, 0.25) is 5.91 Å². The van der Waals surface area contributed by atoms with Crippen LogP contribution in [0, 0.1) is 0 Å². The largest absolute Gasteiger partial charge is 0.345 e. The van der Waals surface area contributed by atoms with Gasteiger partial charge in [0.05, 0.1) is 16.4 Å². The molecule has 0 aliphatic carbocycles. The Morgan fingerprint density at radius 2 is 1.82 bits per heavy atom. The van der Waals surface area contributed by atoms with Crippen LogP contribution in [0.2, 0.25) is 5.02 Å². The number of para-hydroxylation sites is 1. The number of amides is 3. The molecule has 1 heterocycles. The summed E-state index contributed by atoms with van der Waals surface area (Å²) in [6.07, 6.45) is 0.399. The first-order valence-corrected chi connectivity index (χ1v) is 9.02. The first-order chi connectivity index (χ1) is 13.4. The molecule has 1 aliphatic rings. The van der Waals surface area contributed by atoms with Crippen LogP contribution in [0.25, 0.3) is 0 Å². The molecule has 0 unspecified atom stereocenters. The molecular weight excluding hydrogens is 380 g/mol. The van der Waals surface area contributed by atoms with E-state index in [1.807, 2.05) is 6.07 Å². The smallest absolute Gasteiger partial charge is 0.271 e. The van der Waals surface area contributed by atoms with Crippen LogP contribution < -0.4 is 10.3 Å². The second-order valence-electron chi connectivity index (χ2n) is 6.44. The van der Waals surface area contributed by atoms with Crippen molar-refractivity contribution in [3.8, 4) is 0 Å². The second kappa shape index (κ2) is 8.22. The van der Waals surface area contributed by atoms with Crippen LogP contribution in [0.15, 0.2) is 53.6 Å². The Hall–Kier alpha value is -3.19. The van der Waals surface area contributed by atoms with Gasteiger partial charge in [-0.2, -0.15) is 5.10 Å². The van der Waals surface area contributed by atoms with Crippen LogP contribution in [-0.4, -0.2) is 42.4 Å². The van der Waals surface area contributed by atoms with E-state index in [0.717, 1.165) is 0 Å². The number of nitrogens with one attached hydrogen (secondary N) is 1. The first-order valence-electron chi connectivity index (χ1n) is 8.65. The quantitative estimate of drug-likeness (QED) is 0.858. The minimum absolute atomic E-state index is 0.175. The number of hydrogen-bond donors (Lipinski definition) is 1. The summed E-state index contributed by atoms with van der Waals surface area (Å²) in [5, 5.41) is 8.44. The third kappa shape index (κ3) is 4.20. The van der Waals surface area contributed by atoms with Crippen molar-refractivity contribution in [1.29, 1.82) is 0 Å². The lowest BCUT2D eigenvalue weighted by molar-refractivity contribution is -0.118. The Kier molecular flexibility index (Phi) is 5.75. The fourth-order valence-electron chi connectivity index (χ4n) is 2.69. The Balaban J connectivity index is 1.84. The molecule has 8 heteroatoms. The maximum atomic E-state index is 12.7. The molecule has 0 atom stereocenters. The summed E-state index contributed by atoms with van der Waals surface area (Å²) in [5.41, 5.74) is 1.51. The van der Waals surface area contributed by atoms with Gasteiger partial charge < -0.3 is 10.2 Å². The molecule has 0 saturated heterocycles. The van der Waals surface area contributed by atoms with E-state index in [1.165, 1.54) is 16.0 Å². The zero-order chi connectivity index (χ0) is 20.3. The molecule has 1 N–H and O–H groups in total. The molecule has 0 aromatic heterocycles. The standard InChI is InChI=1S/C20H19ClN4O3/c1-24(2)20(28)13-8-9-15(21)17(12-13)22-19(27)16-10-11-18(26)25(23-16)14-6-4-3-5-7-14/h3-9,12H,10-11H2,1-2H3,(H,22,27). The number of carbonyl (C=O) groups excluding carboxylic acids is 3. The van der Waals surface area contributed by atoms with Gasteiger partial charge in [0.25, 0.3) is 11.8 Å². The van der Waals surface area contributed by atoms with Gasteiger partial charge in [-0.3, -0.25) is 14.4 Å². The summed E-state index contributed by atoms with van der Waals surface area (Å²) in [4.78, 5) is 38.4. The normalized spacial score (nSPS) is 13.8. The Bertz CT molecular complexity index is 957. The SMILES string of the molecule is CN(C)C(=O)c1ccc(Cl)c(NC(=O)C2=NN(c3ccccc3)C(=O)CC2)c1. The maximum Gasteiger partial charge on any atom is 0.271 e. The molecule has 0 saturated carbocycles. The van der Waals surface area contributed by atoms with E-state index in [0.29, 0.717) is 22.0 Å². The molecular formula is C20H19ClN4O3. The number of nitrogens with zero attached hydrogens (tertiary/aromatic N) is 3. The third-order valence-electron chi connectivity index (χ3n) is 4.16. The average Bonchev–Trinajstić information content (AvgIpc) is 2.70. The number of hydrazone groups is 1. The zero-order valence-corrected chi connectivity index (χ0v) is 16.2. The fraction of sp³-hybridized carbons (Fsp3) is 0.200. The Morgan fingerprint density at radius 3 is 2.50 bits per heavy atom. The van der Waals surface area contributed by atoms with Gasteiger partial charge in [-0.25, -0.2) is 5.01 Å². The second-order valence-corrected chi connectivity index (χ2v) is 6.84. The lowest BCUT2D eigenvalue weighted by atomic mass is 10.1. The summed E-state index contributed by atoms with van der Waals surface area (Å²) in [6, 6.07) is 13.6. The molecule has 0 fully saturated rings. The Labute approximate surface area is 167 Å². The van der Waals surface area contributed by atoms with Gasteiger partial charge in [0.15, 0.2) is 0 Å². The summed E-state index contributed by atoms with van der Waals surface area (Å²) in [7, 11) is 3.28. The topological polar surface area (TPSA) is 82.1 Å². The van der Waals surface area contributed by atoms with E-state index in [4.69, 9.17) is 11.6 Å². The van der Waals surface area contributed by atoms with Crippen LogP contribution in [0.4, 0.5) is 11.4 Å². The van der Waals surface area contributed by atoms with E-state index in [1.54, 1.807) is 50.5 Å². The molecule has 0 radical (unpaired) electrons. The highest BCUT2D eigenvalue weighted by Gasteiger charge is 2.26. The van der Waals surface area contributed by atoms with Crippen LogP contribution in [0.1, 0.15) is 23.2 Å². The minimum Gasteiger partial charge on any atom is -0.345 e. The van der Waals surface area contributed by atoms with Gasteiger partial charge in [0.1, 0.15) is 5.71 Å². The van der Waals surface area contributed by atoms with Crippen LogP contribution in [-0.2, 0) is 9.59 Å². The maximum absolute atomic E-state index is 12.7. The molecule has 2 aromatic rings. The van der Waals surface area contributed by atoms with Crippen LogP contribution >= 0.6 is 11.6 Å². The minimum atomic E-state index is -0.468. The van der Waals surface area contributed by atoms with E-state index in [-0.39, 0.29) is 30.4 Å². The van der Waals surface area contributed by atoms with Crippen molar-refractivity contribution in [1.82, 2.24) is 4.90 Å². The highest BCUT2D eigenvalue weighted by molar-refractivity contribution is 6.45. The van der Waals surface area contributed by atoms with Crippen molar-refractivity contribution in [3.05, 3.63) is 59.1 Å². The van der Waals surface area contributed by atoms with E-state index >= 15 is 0 Å². The lowest BCUT2D eigenvalue weighted by Gasteiger charge is -2.23. The van der Waals surface area contributed by atoms with E-state index < -0.39 is 5.91 Å². The Morgan fingerprint density at radius 1 is 1.11 bits per heavy atom. The van der Waals surface area contributed by atoms with Crippen molar-refractivity contribution in [2.45, 2.75) is 12.8 Å². The molecule has 0 spiro atoms. The molecule has 3 rings (SSSR count). The van der Waals surface area contributed by atoms with Crippen molar-refractivity contribution in [3.63, 3.8) is 0 Å². The first kappa shape index (κ1) is 19.6. The number of benzene rings is 2. The third-order valence-corrected chi connectivity index (χ3v) is 4.49. The number of rotatable bonds is 4. The summed E-state index contributed by atoms with van der Waals surface area (Å²) in [5.74, 6) is -0.854. The summed E-state index contributed by atoms with van der Waals surface area (Å²) >= 11 is 6.17. The van der Waals surface area contributed by atoms with Gasteiger partial charge in [-0.1, -0.05) is 29.8 Å². The highest BCUT2D eigenvalue weighted by Crippen LogP contribution is 2.25. The summed E-state index contributed by atoms with van der Waals surface area (Å²) in [6.45, 7) is 0. The van der Waals surface area contributed by atoms with Crippen molar-refractivity contribution in [2.24, 2.45) is 5.10 Å². The molecule has 2 aromatic carbocycles. The average molecular weight is 399 g/mol. The van der Waals surface area contributed by atoms with E-state index in [2.05, 4.69) is 10.4 Å². The van der Waals surface area contributed by atoms with Gasteiger partial charge in [0, 0.05) is 32.5 Å². The van der Waals surface area contributed by atoms with Gasteiger partial charge >= 0.3 is 0 Å². The molecule has 0 bridgehead atoms. The monoisotopic (exact) mass is 398 g/mol. The molecule has 1 aliphatic heterocycles. The van der Waals surface area contributed by atoms with E-state index in [9.17, 15) is 14.4 Å². The van der Waals surface area contributed by atoms with Crippen LogP contribution in [0.5, 0.6) is 0 Å². The number of hydrogen-bond acceptors (Lipinski definition) is 4. The zero-order valence-electron chi connectivity index (χ0n) is 15.5. The number of anilines is 2. The summed E-state index contributed by atoms with van der Waals surface area (Å²) < 4.78 is 0. The fourth-order valence-corrected chi connectivity index (χ4v) is 2.86. The van der Waals surface area contributed by atoms with Crippen molar-refractivity contribution in [2.75, 3.05) is 24.4 Å². The predicted octanol–water partition coefficient (Wildman–Crippen LogP) is 3.16. The number of halogens is 1. The van der Waals surface area contributed by atoms with Crippen molar-refractivity contribution >= 4 is 46.4 Å². The highest BCUT2D eigenvalue weighted by atomic mass is 35.5. The van der Waals surface area contributed by atoms with Crippen LogP contribution in [0.3, 0.4) is 0 Å².